The minimum Gasteiger partial charge on any atom is -0.314 e. The van der Waals surface area contributed by atoms with Gasteiger partial charge in [0, 0.05) is 11.5 Å². The van der Waals surface area contributed by atoms with Gasteiger partial charge in [0.1, 0.15) is 10.9 Å². The van der Waals surface area contributed by atoms with Crippen LogP contribution in [0.2, 0.25) is 0 Å². The molecule has 0 bridgehead atoms. The Morgan fingerprint density at radius 1 is 1.18 bits per heavy atom. The zero-order valence-electron chi connectivity index (χ0n) is 8.58. The molecule has 1 aromatic heterocycles. The van der Waals surface area contributed by atoms with Crippen molar-refractivity contribution < 1.29 is 9.59 Å². The number of anilines is 1. The number of fused-ring (bicyclic) bond motifs is 1. The summed E-state index contributed by atoms with van der Waals surface area (Å²) in [5, 5.41) is 6.84. The highest BCUT2D eigenvalue weighted by Gasteiger charge is 2.37. The molecule has 84 valence electrons. The zero-order chi connectivity index (χ0) is 11.8. The highest BCUT2D eigenvalue weighted by molar-refractivity contribution is 7.10. The summed E-state index contributed by atoms with van der Waals surface area (Å²) < 4.78 is 3.67. The molecule has 1 amide bonds. The SMILES string of the molecule is O=C1Nc2snnc2C(=O)[C@H]1c1ccccc1. The maximum absolute atomic E-state index is 12.1. The number of carbonyl (C=O) groups excluding carboxylic acids is 2. The van der Waals surface area contributed by atoms with Crippen LogP contribution in [0.5, 0.6) is 0 Å². The molecule has 1 aliphatic heterocycles. The van der Waals surface area contributed by atoms with Crippen LogP contribution in [-0.4, -0.2) is 21.3 Å². The second-order valence-corrected chi connectivity index (χ2v) is 4.40. The molecule has 17 heavy (non-hydrogen) atoms. The Kier molecular flexibility index (Phi) is 2.22. The molecule has 0 unspecified atom stereocenters. The molecule has 1 aliphatic rings. The third kappa shape index (κ3) is 1.53. The van der Waals surface area contributed by atoms with E-state index in [1.807, 2.05) is 6.07 Å². The van der Waals surface area contributed by atoms with Crippen LogP contribution in [0.1, 0.15) is 22.0 Å². The number of nitrogens with zero attached hydrogens (tertiary/aromatic N) is 2. The fourth-order valence-electron chi connectivity index (χ4n) is 1.82. The van der Waals surface area contributed by atoms with Gasteiger partial charge in [0.25, 0.3) is 0 Å². The Labute approximate surface area is 101 Å². The van der Waals surface area contributed by atoms with Gasteiger partial charge >= 0.3 is 0 Å². The fourth-order valence-corrected chi connectivity index (χ4v) is 2.40. The topological polar surface area (TPSA) is 72.0 Å². The van der Waals surface area contributed by atoms with Crippen molar-refractivity contribution in [1.82, 2.24) is 9.59 Å². The Morgan fingerprint density at radius 2 is 1.94 bits per heavy atom. The molecule has 2 aromatic rings. The van der Waals surface area contributed by atoms with Gasteiger partial charge in [0.2, 0.25) is 11.7 Å². The third-order valence-electron chi connectivity index (χ3n) is 2.62. The second kappa shape index (κ2) is 3.74. The van der Waals surface area contributed by atoms with Crippen molar-refractivity contribution in [3.05, 3.63) is 41.6 Å². The summed E-state index contributed by atoms with van der Waals surface area (Å²) in [7, 11) is 0. The van der Waals surface area contributed by atoms with Gasteiger partial charge in [-0.25, -0.2) is 0 Å². The van der Waals surface area contributed by atoms with Gasteiger partial charge in [0.15, 0.2) is 5.69 Å². The minimum absolute atomic E-state index is 0.253. The van der Waals surface area contributed by atoms with Gasteiger partial charge in [0.05, 0.1) is 0 Å². The first-order valence-corrected chi connectivity index (χ1v) is 5.77. The quantitative estimate of drug-likeness (QED) is 0.772. The number of rotatable bonds is 1. The van der Waals surface area contributed by atoms with Gasteiger partial charge in [-0.15, -0.1) is 5.10 Å². The maximum atomic E-state index is 12.1. The molecule has 0 aliphatic carbocycles. The summed E-state index contributed by atoms with van der Waals surface area (Å²) >= 11 is 1.02. The van der Waals surface area contributed by atoms with Gasteiger partial charge in [-0.3, -0.25) is 9.59 Å². The number of nitrogens with one attached hydrogen (secondary N) is 1. The molecule has 0 saturated heterocycles. The largest absolute Gasteiger partial charge is 0.314 e. The molecule has 6 heteroatoms. The molecule has 0 fully saturated rings. The predicted molar refractivity (Wildman–Crippen MR) is 62.1 cm³/mol. The van der Waals surface area contributed by atoms with Crippen LogP contribution in [0, 0.1) is 0 Å². The lowest BCUT2D eigenvalue weighted by Crippen LogP contribution is -2.33. The van der Waals surface area contributed by atoms with E-state index in [-0.39, 0.29) is 17.4 Å². The van der Waals surface area contributed by atoms with Gasteiger partial charge < -0.3 is 5.32 Å². The van der Waals surface area contributed by atoms with Crippen LogP contribution < -0.4 is 5.32 Å². The number of Topliss-reactive ketones (excluding diaryl/α,β-unsaturated/α-hetero) is 1. The lowest BCUT2D eigenvalue weighted by molar-refractivity contribution is -0.116. The monoisotopic (exact) mass is 245 g/mol. The molecule has 5 nitrogen and oxygen atoms in total. The first kappa shape index (κ1) is 10.1. The highest BCUT2D eigenvalue weighted by Crippen LogP contribution is 2.31. The molecular formula is C11H7N3O2S. The highest BCUT2D eigenvalue weighted by atomic mass is 32.1. The van der Waals surface area contributed by atoms with Crippen LogP contribution >= 0.6 is 11.5 Å². The smallest absolute Gasteiger partial charge is 0.240 e. The molecule has 2 heterocycles. The zero-order valence-corrected chi connectivity index (χ0v) is 9.40. The summed E-state index contributed by atoms with van der Waals surface area (Å²) in [5.74, 6) is -1.42. The molecule has 3 rings (SSSR count). The Balaban J connectivity index is 2.08. The standard InChI is InChI=1S/C11H7N3O2S/c15-9-7(6-4-2-1-3-5-6)10(16)12-11-8(9)13-14-17-11/h1-5,7H,(H,12,16)/t7-/m1/s1. The molecule has 1 atom stereocenters. The van der Waals surface area contributed by atoms with E-state index in [9.17, 15) is 9.59 Å². The number of ketones is 1. The number of carbonyl (C=O) groups is 2. The van der Waals surface area contributed by atoms with E-state index in [1.165, 1.54) is 0 Å². The first-order chi connectivity index (χ1) is 8.27. The van der Waals surface area contributed by atoms with E-state index in [1.54, 1.807) is 24.3 Å². The summed E-state index contributed by atoms with van der Waals surface area (Å²) in [6.07, 6.45) is 0. The summed E-state index contributed by atoms with van der Waals surface area (Å²) in [6.45, 7) is 0. The lowest BCUT2D eigenvalue weighted by Gasteiger charge is -2.19. The number of benzene rings is 1. The molecule has 1 aromatic carbocycles. The van der Waals surface area contributed by atoms with Crippen molar-refractivity contribution in [3.63, 3.8) is 0 Å². The average molecular weight is 245 g/mol. The van der Waals surface area contributed by atoms with Crippen molar-refractivity contribution in [2.45, 2.75) is 5.92 Å². The van der Waals surface area contributed by atoms with Crippen molar-refractivity contribution in [3.8, 4) is 0 Å². The molecule has 0 spiro atoms. The number of aromatic nitrogens is 2. The Morgan fingerprint density at radius 3 is 2.71 bits per heavy atom. The molecule has 1 N–H and O–H groups in total. The van der Waals surface area contributed by atoms with Crippen molar-refractivity contribution >= 4 is 28.2 Å². The molecule has 0 saturated carbocycles. The number of amides is 1. The Bertz CT molecular complexity index is 594. The van der Waals surface area contributed by atoms with Crippen LogP contribution in [-0.2, 0) is 4.79 Å². The second-order valence-electron chi connectivity index (χ2n) is 3.65. The van der Waals surface area contributed by atoms with Crippen molar-refractivity contribution in [2.24, 2.45) is 0 Å². The van der Waals surface area contributed by atoms with Gasteiger partial charge in [-0.2, -0.15) is 0 Å². The number of hydrogen-bond donors (Lipinski definition) is 1. The van der Waals surface area contributed by atoms with Crippen LogP contribution in [0.25, 0.3) is 0 Å². The van der Waals surface area contributed by atoms with E-state index in [4.69, 9.17) is 0 Å². The fraction of sp³-hybridized carbons (Fsp3) is 0.0909. The van der Waals surface area contributed by atoms with Crippen LogP contribution in [0.3, 0.4) is 0 Å². The van der Waals surface area contributed by atoms with Crippen molar-refractivity contribution in [2.75, 3.05) is 5.32 Å². The van der Waals surface area contributed by atoms with Gasteiger partial charge in [-0.1, -0.05) is 34.8 Å². The lowest BCUT2D eigenvalue weighted by atomic mass is 9.90. The first-order valence-electron chi connectivity index (χ1n) is 5.00. The maximum Gasteiger partial charge on any atom is 0.240 e. The number of hydrogen-bond acceptors (Lipinski definition) is 5. The molecule has 0 radical (unpaired) electrons. The van der Waals surface area contributed by atoms with Crippen LogP contribution in [0.4, 0.5) is 5.00 Å². The normalized spacial score (nSPS) is 18.7. The van der Waals surface area contributed by atoms with E-state index in [2.05, 4.69) is 14.9 Å². The minimum atomic E-state index is -0.812. The van der Waals surface area contributed by atoms with Gasteiger partial charge in [-0.05, 0) is 5.56 Å². The summed E-state index contributed by atoms with van der Waals surface area (Å²) in [6, 6.07) is 8.94. The summed E-state index contributed by atoms with van der Waals surface area (Å²) in [4.78, 5) is 24.0. The predicted octanol–water partition coefficient (Wildman–Crippen LogP) is 1.46. The van der Waals surface area contributed by atoms with E-state index < -0.39 is 5.92 Å². The Hall–Kier alpha value is -2.08. The average Bonchev–Trinajstić information content (AvgIpc) is 2.78. The third-order valence-corrected chi connectivity index (χ3v) is 3.26. The van der Waals surface area contributed by atoms with E-state index in [0.29, 0.717) is 10.6 Å². The summed E-state index contributed by atoms with van der Waals surface area (Å²) in [5.41, 5.74) is 0.928. The van der Waals surface area contributed by atoms with E-state index >= 15 is 0 Å². The van der Waals surface area contributed by atoms with Crippen LogP contribution in [0.15, 0.2) is 30.3 Å². The molecular weight excluding hydrogens is 238 g/mol. The van der Waals surface area contributed by atoms with E-state index in [0.717, 1.165) is 11.5 Å². The van der Waals surface area contributed by atoms with Crippen molar-refractivity contribution in [1.29, 1.82) is 0 Å².